The van der Waals surface area contributed by atoms with E-state index in [-0.39, 0.29) is 5.97 Å². The molecule has 2 aromatic carbocycles. The molecule has 192 valence electrons. The van der Waals surface area contributed by atoms with Crippen LogP contribution >= 0.6 is 11.6 Å². The molecule has 0 fully saturated rings. The molecular weight excluding hydrogens is 484 g/mol. The van der Waals surface area contributed by atoms with Crippen LogP contribution in [0.3, 0.4) is 0 Å². The molecule has 0 amide bonds. The summed E-state index contributed by atoms with van der Waals surface area (Å²) in [5.41, 5.74) is 5.19. The van der Waals surface area contributed by atoms with Crippen molar-refractivity contribution < 1.29 is 29.3 Å². The van der Waals surface area contributed by atoms with Gasteiger partial charge in [0.25, 0.3) is 0 Å². The van der Waals surface area contributed by atoms with Crippen molar-refractivity contribution in [1.82, 2.24) is 5.32 Å². The van der Waals surface area contributed by atoms with Gasteiger partial charge in [-0.05, 0) is 62.1 Å². The number of para-hydroxylation sites is 1. The van der Waals surface area contributed by atoms with Crippen LogP contribution < -0.4 is 10.2 Å². The van der Waals surface area contributed by atoms with Gasteiger partial charge in [0.1, 0.15) is 0 Å². The third-order valence-electron chi connectivity index (χ3n) is 5.19. The first-order chi connectivity index (χ1) is 17.3. The van der Waals surface area contributed by atoms with Gasteiger partial charge in [0.05, 0.1) is 6.61 Å². The Labute approximate surface area is 215 Å². The summed E-state index contributed by atoms with van der Waals surface area (Å²) in [7, 11) is 0. The number of carbonyl (C=O) groups is 3. The van der Waals surface area contributed by atoms with Crippen molar-refractivity contribution in [1.29, 1.82) is 0 Å². The smallest absolute Gasteiger partial charge is 0.330 e. The van der Waals surface area contributed by atoms with Crippen molar-refractivity contribution in [2.45, 2.75) is 26.2 Å². The number of hydrogen-bond acceptors (Lipinski definition) is 6. The standard InChI is InChI=1S/C23H27ClN2O2.C4H4O4/c1-2-28-23(27)9-5-14-25-15-6-16-26-21-8-4-3-7-18(21)10-11-19-12-13-20(24)17-22(19)26;5-3(6)1-2-4(7)8/h3-5,7-9,12-13,17,25H,2,6,10-11,14-16H2,1H3;1-2H,(H,5,6)(H,7,8)/b9-5+;2-1+. The number of carboxylic acid groups (broad SMARTS) is 2. The van der Waals surface area contributed by atoms with Crippen LogP contribution in [0.2, 0.25) is 5.02 Å². The minimum atomic E-state index is -1.26. The second kappa shape index (κ2) is 15.4. The molecule has 0 saturated carbocycles. The van der Waals surface area contributed by atoms with Gasteiger partial charge in [-0.3, -0.25) is 0 Å². The van der Waals surface area contributed by atoms with E-state index >= 15 is 0 Å². The number of benzene rings is 2. The number of rotatable bonds is 10. The Balaban J connectivity index is 0.000000493. The number of aliphatic carboxylic acids is 2. The molecule has 2 aromatic rings. The summed E-state index contributed by atoms with van der Waals surface area (Å²) in [5, 5.41) is 19.7. The van der Waals surface area contributed by atoms with E-state index in [1.807, 2.05) is 6.07 Å². The number of nitrogens with zero attached hydrogens (tertiary/aromatic N) is 1. The SMILES string of the molecule is CCOC(=O)/C=C/CNCCCN1c2ccccc2CCc2ccc(Cl)cc21.O=C(O)/C=C/C(=O)O. The van der Waals surface area contributed by atoms with E-state index in [4.69, 9.17) is 26.6 Å². The van der Waals surface area contributed by atoms with Crippen molar-refractivity contribution in [2.24, 2.45) is 0 Å². The Morgan fingerprint density at radius 1 is 1.00 bits per heavy atom. The molecule has 0 aromatic heterocycles. The maximum absolute atomic E-state index is 11.3. The molecule has 1 aliphatic heterocycles. The van der Waals surface area contributed by atoms with E-state index in [2.05, 4.69) is 46.6 Å². The van der Waals surface area contributed by atoms with Crippen LogP contribution in [0.25, 0.3) is 0 Å². The highest BCUT2D eigenvalue weighted by Crippen LogP contribution is 2.37. The molecule has 0 spiro atoms. The van der Waals surface area contributed by atoms with Crippen LogP contribution in [0.4, 0.5) is 11.4 Å². The van der Waals surface area contributed by atoms with Gasteiger partial charge in [-0.2, -0.15) is 0 Å². The van der Waals surface area contributed by atoms with Crippen LogP contribution in [-0.4, -0.2) is 54.4 Å². The fourth-order valence-electron chi connectivity index (χ4n) is 3.66. The predicted octanol–water partition coefficient (Wildman–Crippen LogP) is 4.39. The maximum atomic E-state index is 11.3. The average molecular weight is 515 g/mol. The number of carboxylic acids is 2. The van der Waals surface area contributed by atoms with Crippen LogP contribution in [0.5, 0.6) is 0 Å². The Morgan fingerprint density at radius 2 is 1.67 bits per heavy atom. The van der Waals surface area contributed by atoms with E-state index in [0.717, 1.165) is 37.4 Å². The summed E-state index contributed by atoms with van der Waals surface area (Å²) in [5.74, 6) is -2.81. The van der Waals surface area contributed by atoms with Crippen LogP contribution in [-0.2, 0) is 32.0 Å². The molecule has 0 atom stereocenters. The van der Waals surface area contributed by atoms with E-state index in [1.165, 1.54) is 28.6 Å². The van der Waals surface area contributed by atoms with Gasteiger partial charge in [-0.1, -0.05) is 41.9 Å². The third kappa shape index (κ3) is 9.93. The fraction of sp³-hybridized carbons (Fsp3) is 0.296. The second-order valence-corrected chi connectivity index (χ2v) is 8.21. The van der Waals surface area contributed by atoms with Crippen molar-refractivity contribution >= 4 is 40.9 Å². The number of hydrogen-bond donors (Lipinski definition) is 3. The molecule has 0 bridgehead atoms. The van der Waals surface area contributed by atoms with Crippen LogP contribution in [0.15, 0.2) is 66.8 Å². The number of aryl methyl sites for hydroxylation is 2. The zero-order chi connectivity index (χ0) is 26.3. The second-order valence-electron chi connectivity index (χ2n) is 7.78. The molecular formula is C27H31ClN2O6. The monoisotopic (exact) mass is 514 g/mol. The van der Waals surface area contributed by atoms with Crippen molar-refractivity contribution in [3.8, 4) is 0 Å². The summed E-state index contributed by atoms with van der Waals surface area (Å²) in [6, 6.07) is 14.8. The zero-order valence-corrected chi connectivity index (χ0v) is 20.9. The van der Waals surface area contributed by atoms with Crippen molar-refractivity contribution in [3.05, 3.63) is 82.9 Å². The molecule has 1 aliphatic rings. The summed E-state index contributed by atoms with van der Waals surface area (Å²) in [4.78, 5) is 32.8. The van der Waals surface area contributed by atoms with Crippen molar-refractivity contribution in [3.63, 3.8) is 0 Å². The first-order valence-electron chi connectivity index (χ1n) is 11.6. The van der Waals surface area contributed by atoms with E-state index in [1.54, 1.807) is 13.0 Å². The highest BCUT2D eigenvalue weighted by Gasteiger charge is 2.20. The number of fused-ring (bicyclic) bond motifs is 2. The minimum absolute atomic E-state index is 0.293. The highest BCUT2D eigenvalue weighted by atomic mass is 35.5. The summed E-state index contributed by atoms with van der Waals surface area (Å²) < 4.78 is 4.87. The fourth-order valence-corrected chi connectivity index (χ4v) is 3.83. The molecule has 0 aliphatic carbocycles. The zero-order valence-electron chi connectivity index (χ0n) is 20.2. The van der Waals surface area contributed by atoms with Crippen LogP contribution in [0, 0.1) is 0 Å². The molecule has 3 N–H and O–H groups in total. The molecule has 0 saturated heterocycles. The first kappa shape index (κ1) is 28.6. The number of anilines is 2. The first-order valence-corrected chi connectivity index (χ1v) is 12.0. The summed E-state index contributed by atoms with van der Waals surface area (Å²) in [6.45, 7) is 4.62. The van der Waals surface area contributed by atoms with Gasteiger partial charge in [0.15, 0.2) is 0 Å². The minimum Gasteiger partial charge on any atom is -0.478 e. The van der Waals surface area contributed by atoms with Gasteiger partial charge in [0, 0.05) is 47.7 Å². The molecule has 0 radical (unpaired) electrons. The Morgan fingerprint density at radius 3 is 2.33 bits per heavy atom. The average Bonchev–Trinajstić information content (AvgIpc) is 2.99. The topological polar surface area (TPSA) is 116 Å². The van der Waals surface area contributed by atoms with Gasteiger partial charge in [-0.15, -0.1) is 0 Å². The number of carbonyl (C=O) groups excluding carboxylic acids is 1. The predicted molar refractivity (Wildman–Crippen MR) is 140 cm³/mol. The quantitative estimate of drug-likeness (QED) is 0.243. The largest absolute Gasteiger partial charge is 0.478 e. The Hall–Kier alpha value is -3.62. The third-order valence-corrected chi connectivity index (χ3v) is 5.43. The van der Waals surface area contributed by atoms with E-state index in [0.29, 0.717) is 25.3 Å². The van der Waals surface area contributed by atoms with Gasteiger partial charge < -0.3 is 25.2 Å². The molecule has 0 unspecified atom stereocenters. The molecule has 3 rings (SSSR count). The molecule has 36 heavy (non-hydrogen) atoms. The summed E-state index contributed by atoms with van der Waals surface area (Å²) in [6.07, 6.45) is 7.43. The van der Waals surface area contributed by atoms with E-state index < -0.39 is 11.9 Å². The molecule has 1 heterocycles. The lowest BCUT2D eigenvalue weighted by atomic mass is 10.0. The normalized spacial score (nSPS) is 12.3. The van der Waals surface area contributed by atoms with Crippen molar-refractivity contribution in [2.75, 3.05) is 31.1 Å². The number of nitrogens with one attached hydrogen (secondary N) is 1. The number of esters is 1. The maximum Gasteiger partial charge on any atom is 0.330 e. The molecule has 9 heteroatoms. The lowest BCUT2D eigenvalue weighted by molar-refractivity contribution is -0.137. The lowest BCUT2D eigenvalue weighted by Gasteiger charge is -2.27. The van der Waals surface area contributed by atoms with Crippen LogP contribution in [0.1, 0.15) is 24.5 Å². The number of ether oxygens (including phenoxy) is 1. The van der Waals surface area contributed by atoms with Gasteiger partial charge >= 0.3 is 17.9 Å². The Kier molecular flexibility index (Phi) is 12.2. The van der Waals surface area contributed by atoms with E-state index in [9.17, 15) is 14.4 Å². The number of halogens is 1. The highest BCUT2D eigenvalue weighted by molar-refractivity contribution is 6.30. The summed E-state index contributed by atoms with van der Waals surface area (Å²) >= 11 is 6.30. The van der Waals surface area contributed by atoms with Gasteiger partial charge in [0.2, 0.25) is 0 Å². The van der Waals surface area contributed by atoms with Gasteiger partial charge in [-0.25, -0.2) is 14.4 Å². The lowest BCUT2D eigenvalue weighted by Crippen LogP contribution is -2.24. The Bertz CT molecular complexity index is 1080. The molecule has 8 nitrogen and oxygen atoms in total.